The first-order valence-electron chi connectivity index (χ1n) is 7.07. The maximum Gasteiger partial charge on any atom is 0.226 e. The molecule has 0 spiro atoms. The number of aromatic nitrogens is 1. The van der Waals surface area contributed by atoms with Crippen molar-refractivity contribution in [2.45, 2.75) is 19.4 Å². The lowest BCUT2D eigenvalue weighted by Crippen LogP contribution is -2.32. The van der Waals surface area contributed by atoms with Crippen LogP contribution in [-0.4, -0.2) is 23.0 Å². The average Bonchev–Trinajstić information content (AvgIpc) is 2.97. The van der Waals surface area contributed by atoms with Crippen molar-refractivity contribution in [1.82, 2.24) is 9.88 Å². The van der Waals surface area contributed by atoms with E-state index in [1.165, 1.54) is 12.1 Å². The summed E-state index contributed by atoms with van der Waals surface area (Å²) in [6.07, 6.45) is 3.48. The minimum Gasteiger partial charge on any atom is -0.444 e. The minimum atomic E-state index is -0.272. The highest BCUT2D eigenvalue weighted by molar-refractivity contribution is 5.52. The van der Waals surface area contributed by atoms with Gasteiger partial charge >= 0.3 is 0 Å². The molecule has 0 saturated carbocycles. The zero-order chi connectivity index (χ0) is 14.7. The lowest BCUT2D eigenvalue weighted by molar-refractivity contribution is 0.196. The molecule has 5 heteroatoms. The van der Waals surface area contributed by atoms with E-state index in [1.807, 2.05) is 0 Å². The van der Waals surface area contributed by atoms with Crippen molar-refractivity contribution in [3.63, 3.8) is 0 Å². The van der Waals surface area contributed by atoms with Crippen molar-refractivity contribution in [1.29, 1.82) is 5.26 Å². The van der Waals surface area contributed by atoms with Crippen LogP contribution in [0.4, 0.5) is 4.39 Å². The average molecular weight is 285 g/mol. The molecule has 1 aliphatic rings. The zero-order valence-corrected chi connectivity index (χ0v) is 11.6. The predicted octanol–water partition coefficient (Wildman–Crippen LogP) is 3.22. The van der Waals surface area contributed by atoms with E-state index >= 15 is 0 Å². The summed E-state index contributed by atoms with van der Waals surface area (Å²) in [6, 6.07) is 8.43. The molecule has 1 fully saturated rings. The van der Waals surface area contributed by atoms with E-state index < -0.39 is 0 Å². The van der Waals surface area contributed by atoms with Crippen LogP contribution in [0, 0.1) is 23.1 Å². The molecule has 2 heterocycles. The van der Waals surface area contributed by atoms with Crippen LogP contribution >= 0.6 is 0 Å². The third-order valence-corrected chi connectivity index (χ3v) is 3.80. The molecule has 1 aromatic heterocycles. The second kappa shape index (κ2) is 6.06. The largest absolute Gasteiger partial charge is 0.444 e. The topological polar surface area (TPSA) is 53.1 Å². The first-order valence-corrected chi connectivity index (χ1v) is 7.07. The van der Waals surface area contributed by atoms with Gasteiger partial charge in [0, 0.05) is 18.0 Å². The number of likely N-dealkylation sites (tertiary alicyclic amines) is 1. The van der Waals surface area contributed by atoms with E-state index in [9.17, 15) is 4.39 Å². The van der Waals surface area contributed by atoms with Gasteiger partial charge in [0.15, 0.2) is 0 Å². The maximum atomic E-state index is 12.9. The van der Waals surface area contributed by atoms with Crippen LogP contribution in [0.2, 0.25) is 0 Å². The van der Waals surface area contributed by atoms with E-state index in [0.29, 0.717) is 5.89 Å². The Morgan fingerprint density at radius 3 is 2.67 bits per heavy atom. The van der Waals surface area contributed by atoms with Crippen LogP contribution in [0.1, 0.15) is 18.5 Å². The third-order valence-electron chi connectivity index (χ3n) is 3.80. The lowest BCUT2D eigenvalue weighted by atomic mass is 9.99. The molecule has 0 amide bonds. The molecule has 2 aromatic rings. The Kier molecular flexibility index (Phi) is 3.98. The van der Waals surface area contributed by atoms with Crippen molar-refractivity contribution in [2.24, 2.45) is 5.92 Å². The zero-order valence-electron chi connectivity index (χ0n) is 11.6. The van der Waals surface area contributed by atoms with Gasteiger partial charge in [-0.05, 0) is 50.2 Å². The van der Waals surface area contributed by atoms with Gasteiger partial charge in [-0.1, -0.05) is 0 Å². The molecular weight excluding hydrogens is 269 g/mol. The Morgan fingerprint density at radius 2 is 2.00 bits per heavy atom. The molecule has 21 heavy (non-hydrogen) atoms. The third kappa shape index (κ3) is 3.29. The lowest BCUT2D eigenvalue weighted by Gasteiger charge is -2.27. The number of halogens is 1. The number of nitrogens with zero attached hydrogens (tertiary/aromatic N) is 3. The molecule has 0 N–H and O–H groups in total. The van der Waals surface area contributed by atoms with Gasteiger partial charge in [0.2, 0.25) is 5.89 Å². The standard InChI is InChI=1S/C16H16FN3O/c17-14-3-1-13(2-4-14)16-19-15(11-21-16)10-20-7-5-12(9-18)6-8-20/h1-4,11-12H,5-8,10H2. The van der Waals surface area contributed by atoms with Crippen LogP contribution in [-0.2, 0) is 6.54 Å². The molecule has 0 aliphatic carbocycles. The molecule has 0 unspecified atom stereocenters. The van der Waals surface area contributed by atoms with Gasteiger partial charge in [0.1, 0.15) is 12.1 Å². The summed E-state index contributed by atoms with van der Waals surface area (Å²) in [4.78, 5) is 6.73. The summed E-state index contributed by atoms with van der Waals surface area (Å²) in [5.74, 6) is 0.427. The monoisotopic (exact) mass is 285 g/mol. The molecule has 3 rings (SSSR count). The van der Waals surface area contributed by atoms with Crippen molar-refractivity contribution >= 4 is 0 Å². The van der Waals surface area contributed by atoms with Gasteiger partial charge in [-0.2, -0.15) is 5.26 Å². The number of oxazole rings is 1. The molecular formula is C16H16FN3O. The van der Waals surface area contributed by atoms with Crippen LogP contribution in [0.5, 0.6) is 0 Å². The summed E-state index contributed by atoms with van der Waals surface area (Å²) in [7, 11) is 0. The molecule has 0 radical (unpaired) electrons. The number of hydrogen-bond donors (Lipinski definition) is 0. The van der Waals surface area contributed by atoms with Crippen LogP contribution in [0.25, 0.3) is 11.5 Å². The first-order chi connectivity index (χ1) is 10.2. The number of piperidine rings is 1. The molecule has 0 atom stereocenters. The minimum absolute atomic E-state index is 0.188. The SMILES string of the molecule is N#CC1CCN(Cc2coc(-c3ccc(F)cc3)n2)CC1. The summed E-state index contributed by atoms with van der Waals surface area (Å²) in [5, 5.41) is 8.89. The van der Waals surface area contributed by atoms with E-state index in [-0.39, 0.29) is 11.7 Å². The molecule has 108 valence electrons. The Labute approximate surface area is 122 Å². The second-order valence-corrected chi connectivity index (χ2v) is 5.33. The number of benzene rings is 1. The quantitative estimate of drug-likeness (QED) is 0.869. The Bertz CT molecular complexity index is 636. The Hall–Kier alpha value is -2.19. The first kappa shape index (κ1) is 13.8. The fourth-order valence-corrected chi connectivity index (χ4v) is 2.55. The van der Waals surface area contributed by atoms with Crippen LogP contribution in [0.3, 0.4) is 0 Å². The Balaban J connectivity index is 1.63. The molecule has 1 saturated heterocycles. The predicted molar refractivity (Wildman–Crippen MR) is 75.5 cm³/mol. The summed E-state index contributed by atoms with van der Waals surface area (Å²) >= 11 is 0. The van der Waals surface area contributed by atoms with Gasteiger partial charge in [-0.15, -0.1) is 0 Å². The normalized spacial score (nSPS) is 16.8. The maximum absolute atomic E-state index is 12.9. The van der Waals surface area contributed by atoms with E-state index in [1.54, 1.807) is 18.4 Å². The van der Waals surface area contributed by atoms with E-state index in [0.717, 1.165) is 43.7 Å². The molecule has 0 bridgehead atoms. The summed E-state index contributed by atoms with van der Waals surface area (Å²) in [5.41, 5.74) is 1.63. The van der Waals surface area contributed by atoms with Gasteiger partial charge in [-0.25, -0.2) is 9.37 Å². The van der Waals surface area contributed by atoms with Gasteiger partial charge in [0.05, 0.1) is 11.8 Å². The fraction of sp³-hybridized carbons (Fsp3) is 0.375. The van der Waals surface area contributed by atoms with Crippen molar-refractivity contribution in [2.75, 3.05) is 13.1 Å². The van der Waals surface area contributed by atoms with Gasteiger partial charge < -0.3 is 4.42 Å². The smallest absolute Gasteiger partial charge is 0.226 e. The van der Waals surface area contributed by atoms with Crippen molar-refractivity contribution < 1.29 is 8.81 Å². The van der Waals surface area contributed by atoms with Crippen molar-refractivity contribution in [3.05, 3.63) is 42.0 Å². The molecule has 1 aromatic carbocycles. The fourth-order valence-electron chi connectivity index (χ4n) is 2.55. The number of rotatable bonds is 3. The van der Waals surface area contributed by atoms with Crippen molar-refractivity contribution in [3.8, 4) is 17.5 Å². The van der Waals surface area contributed by atoms with E-state index in [2.05, 4.69) is 16.0 Å². The number of nitriles is 1. The summed E-state index contributed by atoms with van der Waals surface area (Å²) in [6.45, 7) is 2.55. The second-order valence-electron chi connectivity index (χ2n) is 5.33. The highest BCUT2D eigenvalue weighted by Gasteiger charge is 2.19. The molecule has 1 aliphatic heterocycles. The van der Waals surface area contributed by atoms with Crippen LogP contribution < -0.4 is 0 Å². The highest BCUT2D eigenvalue weighted by Crippen LogP contribution is 2.21. The Morgan fingerprint density at radius 1 is 1.29 bits per heavy atom. The number of hydrogen-bond acceptors (Lipinski definition) is 4. The highest BCUT2D eigenvalue weighted by atomic mass is 19.1. The molecule has 4 nitrogen and oxygen atoms in total. The van der Waals surface area contributed by atoms with E-state index in [4.69, 9.17) is 9.68 Å². The summed E-state index contributed by atoms with van der Waals surface area (Å²) < 4.78 is 18.4. The van der Waals surface area contributed by atoms with Gasteiger partial charge in [-0.3, -0.25) is 4.90 Å². The van der Waals surface area contributed by atoms with Crippen LogP contribution in [0.15, 0.2) is 34.9 Å². The van der Waals surface area contributed by atoms with Gasteiger partial charge in [0.25, 0.3) is 0 Å².